The van der Waals surface area contributed by atoms with E-state index in [1.807, 2.05) is 35.3 Å². The van der Waals surface area contributed by atoms with Gasteiger partial charge in [-0.05, 0) is 53.3 Å². The predicted octanol–water partition coefficient (Wildman–Crippen LogP) is 4.53. The maximum Gasteiger partial charge on any atom is 0.146 e. The maximum absolute atomic E-state index is 14.1. The third-order valence-electron chi connectivity index (χ3n) is 6.33. The minimum absolute atomic E-state index is 0.00897. The Labute approximate surface area is 197 Å². The molecule has 1 fully saturated rings. The van der Waals surface area contributed by atoms with Crippen LogP contribution in [0.1, 0.15) is 37.5 Å². The zero-order chi connectivity index (χ0) is 23.4. The monoisotopic (exact) mass is 449 g/mol. The summed E-state index contributed by atoms with van der Waals surface area (Å²) in [4.78, 5) is 4.61. The molecule has 3 aromatic rings. The molecule has 1 saturated heterocycles. The number of anilines is 1. The summed E-state index contributed by atoms with van der Waals surface area (Å²) in [6.45, 7) is 15.3. The van der Waals surface area contributed by atoms with E-state index in [1.165, 1.54) is 16.7 Å². The molecule has 0 aliphatic carbocycles. The maximum atomic E-state index is 14.1. The molecule has 2 aromatic carbocycles. The van der Waals surface area contributed by atoms with E-state index in [9.17, 15) is 4.39 Å². The van der Waals surface area contributed by atoms with E-state index in [1.54, 1.807) is 12.1 Å². The van der Waals surface area contributed by atoms with Crippen LogP contribution in [0.2, 0.25) is 0 Å². The van der Waals surface area contributed by atoms with Crippen LogP contribution < -0.4 is 10.2 Å². The van der Waals surface area contributed by atoms with Crippen molar-refractivity contribution in [2.24, 2.45) is 0 Å². The van der Waals surface area contributed by atoms with E-state index in [0.29, 0.717) is 0 Å². The minimum atomic E-state index is -0.130. The molecule has 176 valence electrons. The Morgan fingerprint density at radius 3 is 2.42 bits per heavy atom. The molecule has 0 amide bonds. The SMILES string of the molecule is Cc1cc(CNCCN2CCN(c3ccccc3F)CC2)c(C(C)(C)C)c(-n2cccn2)c1. The Kier molecular flexibility index (Phi) is 7.15. The van der Waals surface area contributed by atoms with Crippen molar-refractivity contribution >= 4 is 5.69 Å². The smallest absolute Gasteiger partial charge is 0.146 e. The number of halogens is 1. The fourth-order valence-corrected chi connectivity index (χ4v) is 4.82. The highest BCUT2D eigenvalue weighted by Crippen LogP contribution is 2.32. The molecule has 1 N–H and O–H groups in total. The summed E-state index contributed by atoms with van der Waals surface area (Å²) in [6, 6.07) is 13.6. The van der Waals surface area contributed by atoms with Gasteiger partial charge in [-0.25, -0.2) is 9.07 Å². The van der Waals surface area contributed by atoms with Gasteiger partial charge in [0, 0.05) is 58.2 Å². The van der Waals surface area contributed by atoms with Gasteiger partial charge in [0.1, 0.15) is 5.82 Å². The quantitative estimate of drug-likeness (QED) is 0.538. The third-order valence-corrected chi connectivity index (χ3v) is 6.33. The van der Waals surface area contributed by atoms with Gasteiger partial charge in [0.05, 0.1) is 11.4 Å². The molecule has 0 bridgehead atoms. The summed E-state index contributed by atoms with van der Waals surface area (Å²) in [5.74, 6) is -0.130. The number of hydrogen-bond acceptors (Lipinski definition) is 4. The Hall–Kier alpha value is -2.70. The highest BCUT2D eigenvalue weighted by molar-refractivity contribution is 5.52. The van der Waals surface area contributed by atoms with Gasteiger partial charge in [-0.3, -0.25) is 4.90 Å². The molecule has 1 aliphatic rings. The largest absolute Gasteiger partial charge is 0.367 e. The van der Waals surface area contributed by atoms with Gasteiger partial charge in [0.2, 0.25) is 0 Å². The first-order valence-corrected chi connectivity index (χ1v) is 11.9. The molecule has 1 aromatic heterocycles. The third kappa shape index (κ3) is 5.63. The van der Waals surface area contributed by atoms with Gasteiger partial charge >= 0.3 is 0 Å². The zero-order valence-electron chi connectivity index (χ0n) is 20.3. The fourth-order valence-electron chi connectivity index (χ4n) is 4.82. The summed E-state index contributed by atoms with van der Waals surface area (Å²) in [7, 11) is 0. The van der Waals surface area contributed by atoms with Crippen molar-refractivity contribution in [3.63, 3.8) is 0 Å². The van der Waals surface area contributed by atoms with E-state index in [0.717, 1.165) is 57.2 Å². The summed E-state index contributed by atoms with van der Waals surface area (Å²) in [6.07, 6.45) is 3.85. The molecule has 0 saturated carbocycles. The molecule has 0 radical (unpaired) electrons. The number of nitrogens with one attached hydrogen (secondary N) is 1. The van der Waals surface area contributed by atoms with Crippen molar-refractivity contribution in [2.45, 2.75) is 39.7 Å². The second-order valence-corrected chi connectivity index (χ2v) is 9.98. The Balaban J connectivity index is 1.34. The highest BCUT2D eigenvalue weighted by Gasteiger charge is 2.24. The van der Waals surface area contributed by atoms with Gasteiger partial charge in [0.25, 0.3) is 0 Å². The highest BCUT2D eigenvalue weighted by atomic mass is 19.1. The van der Waals surface area contributed by atoms with Gasteiger partial charge in [-0.2, -0.15) is 5.10 Å². The van der Waals surface area contributed by atoms with Crippen LogP contribution in [0.5, 0.6) is 0 Å². The molecular weight excluding hydrogens is 413 g/mol. The van der Waals surface area contributed by atoms with Gasteiger partial charge in [0.15, 0.2) is 0 Å². The average molecular weight is 450 g/mol. The number of nitrogens with zero attached hydrogens (tertiary/aromatic N) is 4. The van der Waals surface area contributed by atoms with Crippen LogP contribution in [0.15, 0.2) is 54.9 Å². The number of rotatable bonds is 7. The Bertz CT molecular complexity index is 1050. The lowest BCUT2D eigenvalue weighted by atomic mass is 9.81. The van der Waals surface area contributed by atoms with E-state index < -0.39 is 0 Å². The lowest BCUT2D eigenvalue weighted by Gasteiger charge is -2.36. The molecule has 0 spiro atoms. The van der Waals surface area contributed by atoms with Crippen LogP contribution in [0.25, 0.3) is 5.69 Å². The van der Waals surface area contributed by atoms with Crippen LogP contribution in [-0.4, -0.2) is 53.9 Å². The van der Waals surface area contributed by atoms with E-state index in [2.05, 4.69) is 60.0 Å². The number of hydrogen-bond donors (Lipinski definition) is 1. The normalized spacial score (nSPS) is 15.2. The number of benzene rings is 2. The summed E-state index contributed by atoms with van der Waals surface area (Å²) in [5, 5.41) is 8.16. The van der Waals surface area contributed by atoms with Crippen LogP contribution in [0.3, 0.4) is 0 Å². The van der Waals surface area contributed by atoms with Gasteiger partial charge in [-0.15, -0.1) is 0 Å². The van der Waals surface area contributed by atoms with Gasteiger partial charge < -0.3 is 10.2 Å². The molecule has 2 heterocycles. The lowest BCUT2D eigenvalue weighted by Crippen LogP contribution is -2.48. The molecule has 4 rings (SSSR count). The number of para-hydroxylation sites is 1. The van der Waals surface area contributed by atoms with Crippen LogP contribution in [0.4, 0.5) is 10.1 Å². The zero-order valence-corrected chi connectivity index (χ0v) is 20.3. The van der Waals surface area contributed by atoms with E-state index >= 15 is 0 Å². The van der Waals surface area contributed by atoms with Crippen molar-refractivity contribution in [1.29, 1.82) is 0 Å². The van der Waals surface area contributed by atoms with Crippen molar-refractivity contribution in [2.75, 3.05) is 44.2 Å². The minimum Gasteiger partial charge on any atom is -0.367 e. The number of aryl methyl sites for hydroxylation is 1. The molecule has 6 heteroatoms. The molecule has 0 unspecified atom stereocenters. The standard InChI is InChI=1S/C27H36FN5/c1-21-18-22(26(27(2,3)4)25(19-21)33-12-7-10-30-33)20-29-11-13-31-14-16-32(17-15-31)24-9-6-5-8-23(24)28/h5-10,12,18-19,29H,11,13-17,20H2,1-4H3. The lowest BCUT2D eigenvalue weighted by molar-refractivity contribution is 0.257. The van der Waals surface area contributed by atoms with Crippen LogP contribution in [-0.2, 0) is 12.0 Å². The molecule has 1 aliphatic heterocycles. The molecule has 5 nitrogen and oxygen atoms in total. The predicted molar refractivity (Wildman–Crippen MR) is 134 cm³/mol. The second kappa shape index (κ2) is 10.1. The Morgan fingerprint density at radius 2 is 1.76 bits per heavy atom. The number of aromatic nitrogens is 2. The van der Waals surface area contributed by atoms with Crippen molar-refractivity contribution in [3.05, 3.63) is 77.4 Å². The fraction of sp³-hybridized carbons (Fsp3) is 0.444. The van der Waals surface area contributed by atoms with Crippen molar-refractivity contribution in [3.8, 4) is 5.69 Å². The van der Waals surface area contributed by atoms with E-state index in [-0.39, 0.29) is 11.2 Å². The summed E-state index contributed by atoms with van der Waals surface area (Å²) >= 11 is 0. The number of piperazine rings is 1. The Morgan fingerprint density at radius 1 is 1.00 bits per heavy atom. The summed E-state index contributed by atoms with van der Waals surface area (Å²) < 4.78 is 16.1. The van der Waals surface area contributed by atoms with Gasteiger partial charge in [-0.1, -0.05) is 39.0 Å². The molecular formula is C27H36FN5. The first-order valence-electron chi connectivity index (χ1n) is 11.9. The molecule has 33 heavy (non-hydrogen) atoms. The second-order valence-electron chi connectivity index (χ2n) is 9.98. The van der Waals surface area contributed by atoms with Crippen molar-refractivity contribution in [1.82, 2.24) is 20.0 Å². The molecule has 0 atom stereocenters. The van der Waals surface area contributed by atoms with Crippen LogP contribution >= 0.6 is 0 Å². The first-order chi connectivity index (χ1) is 15.8. The van der Waals surface area contributed by atoms with Crippen LogP contribution in [0, 0.1) is 12.7 Å². The van der Waals surface area contributed by atoms with Crippen molar-refractivity contribution < 1.29 is 4.39 Å². The average Bonchev–Trinajstić information content (AvgIpc) is 3.31. The summed E-state index contributed by atoms with van der Waals surface area (Å²) in [5.41, 5.74) is 5.80. The topological polar surface area (TPSA) is 36.3 Å². The van der Waals surface area contributed by atoms with E-state index in [4.69, 9.17) is 0 Å². The first kappa shape index (κ1) is 23.5.